The number of nitrogens with one attached hydrogen (secondary N) is 2. The number of carbonyl (C=O) groups excluding carboxylic acids is 1. The van der Waals surface area contributed by atoms with Gasteiger partial charge in [0.1, 0.15) is 17.5 Å². The lowest BCUT2D eigenvalue weighted by Crippen LogP contribution is -2.37. The molecule has 1 aliphatic carbocycles. The van der Waals surface area contributed by atoms with Gasteiger partial charge in [0.05, 0.1) is 17.8 Å². The molecule has 1 amide bonds. The molecule has 9 heteroatoms. The summed E-state index contributed by atoms with van der Waals surface area (Å²) >= 11 is 0. The van der Waals surface area contributed by atoms with Crippen molar-refractivity contribution in [3.8, 4) is 11.3 Å². The van der Waals surface area contributed by atoms with Gasteiger partial charge < -0.3 is 14.8 Å². The van der Waals surface area contributed by atoms with Crippen molar-refractivity contribution in [1.82, 2.24) is 20.4 Å². The fourth-order valence-corrected chi connectivity index (χ4v) is 4.29. The molecule has 0 unspecified atom stereocenters. The van der Waals surface area contributed by atoms with E-state index in [0.29, 0.717) is 41.2 Å². The second-order valence-electron chi connectivity index (χ2n) is 8.05. The average molecular weight is 440 g/mol. The maximum Gasteiger partial charge on any atom is 0.246 e. The van der Waals surface area contributed by atoms with Crippen LogP contribution in [0.4, 0.5) is 13.2 Å². The molecular weight excluding hydrogens is 421 g/mol. The number of carbonyl (C=O) groups is 1. The van der Waals surface area contributed by atoms with Crippen LogP contribution >= 0.6 is 0 Å². The van der Waals surface area contributed by atoms with E-state index in [2.05, 4.69) is 20.4 Å². The quantitative estimate of drug-likeness (QED) is 0.469. The minimum Gasteiger partial charge on any atom is -0.352 e. The zero-order valence-electron chi connectivity index (χ0n) is 17.1. The van der Waals surface area contributed by atoms with Crippen molar-refractivity contribution in [2.45, 2.75) is 32.2 Å². The topological polar surface area (TPSA) is 83.8 Å². The maximum absolute atomic E-state index is 14.5. The van der Waals surface area contributed by atoms with Crippen LogP contribution in [0.1, 0.15) is 36.0 Å². The second-order valence-corrected chi connectivity index (χ2v) is 8.05. The first-order valence-electron chi connectivity index (χ1n) is 10.2. The van der Waals surface area contributed by atoms with Crippen LogP contribution in [0.2, 0.25) is 0 Å². The number of aromatic nitrogens is 3. The van der Waals surface area contributed by atoms with Crippen molar-refractivity contribution in [3.05, 3.63) is 71.1 Å². The van der Waals surface area contributed by atoms with Gasteiger partial charge in [-0.3, -0.25) is 4.79 Å². The molecule has 0 radical (unpaired) electrons. The third-order valence-corrected chi connectivity index (χ3v) is 5.90. The summed E-state index contributed by atoms with van der Waals surface area (Å²) in [5.74, 6) is -1.40. The summed E-state index contributed by atoms with van der Waals surface area (Å²) in [6, 6.07) is 7.94. The number of benzene rings is 2. The highest BCUT2D eigenvalue weighted by atomic mass is 19.1. The lowest BCUT2D eigenvalue weighted by molar-refractivity contribution is -0.128. The number of hydrogen-bond acceptors (Lipinski definition) is 4. The Morgan fingerprint density at radius 3 is 2.59 bits per heavy atom. The minimum atomic E-state index is -0.696. The summed E-state index contributed by atoms with van der Waals surface area (Å²) in [6.45, 7) is 1.84. The van der Waals surface area contributed by atoms with Crippen molar-refractivity contribution in [1.29, 1.82) is 0 Å². The monoisotopic (exact) mass is 440 g/mol. The molecule has 0 spiro atoms. The van der Waals surface area contributed by atoms with Crippen molar-refractivity contribution in [3.63, 3.8) is 0 Å². The molecule has 2 heterocycles. The lowest BCUT2D eigenvalue weighted by atomic mass is 9.70. The maximum atomic E-state index is 14.5. The van der Waals surface area contributed by atoms with Crippen LogP contribution in [0.5, 0.6) is 0 Å². The Kier molecular flexibility index (Phi) is 4.96. The highest BCUT2D eigenvalue weighted by Crippen LogP contribution is 2.48. The zero-order valence-corrected chi connectivity index (χ0v) is 17.1. The van der Waals surface area contributed by atoms with E-state index >= 15 is 0 Å². The van der Waals surface area contributed by atoms with E-state index in [0.717, 1.165) is 11.6 Å². The van der Waals surface area contributed by atoms with Crippen LogP contribution in [0.25, 0.3) is 22.2 Å². The molecule has 32 heavy (non-hydrogen) atoms. The van der Waals surface area contributed by atoms with Crippen molar-refractivity contribution in [2.75, 3.05) is 0 Å². The number of hydrogen-bond donors (Lipinski definition) is 2. The molecule has 1 saturated carbocycles. The highest BCUT2D eigenvalue weighted by Gasteiger charge is 2.38. The van der Waals surface area contributed by atoms with Crippen LogP contribution in [0, 0.1) is 30.3 Å². The lowest BCUT2D eigenvalue weighted by Gasteiger charge is -2.35. The summed E-state index contributed by atoms with van der Waals surface area (Å²) in [6.07, 6.45) is 1.04. The number of nitrogens with zero attached hydrogens (tertiary/aromatic N) is 2. The Labute approximate surface area is 180 Å². The molecule has 0 aliphatic heterocycles. The predicted molar refractivity (Wildman–Crippen MR) is 110 cm³/mol. The standard InChI is InChI=1S/C23H19F3N4O2/c1-11-28-19(32-30-11)10-27-23(31)14-6-13(7-14)20-17-8-16(25)9-18(26)22(17)29-21(20)12-2-4-15(24)5-3-12/h2-5,8-9,13-14,29H,6-7,10H2,1H3,(H,27,31)/t13-,14-. The smallest absolute Gasteiger partial charge is 0.246 e. The van der Waals surface area contributed by atoms with Crippen LogP contribution in [-0.4, -0.2) is 21.0 Å². The fourth-order valence-electron chi connectivity index (χ4n) is 4.29. The van der Waals surface area contributed by atoms with Gasteiger partial charge in [0.2, 0.25) is 11.8 Å². The first-order chi connectivity index (χ1) is 15.4. The molecule has 0 bridgehead atoms. The summed E-state index contributed by atoms with van der Waals surface area (Å²) in [5, 5.41) is 6.90. The van der Waals surface area contributed by atoms with Gasteiger partial charge in [-0.1, -0.05) is 5.16 Å². The molecule has 0 saturated heterocycles. The van der Waals surface area contributed by atoms with Gasteiger partial charge >= 0.3 is 0 Å². The third-order valence-electron chi connectivity index (χ3n) is 5.90. The molecule has 164 valence electrons. The number of H-pyrrole nitrogens is 1. The molecule has 2 N–H and O–H groups in total. The van der Waals surface area contributed by atoms with Crippen LogP contribution in [0.15, 0.2) is 40.9 Å². The molecule has 4 aromatic rings. The molecule has 6 nitrogen and oxygen atoms in total. The molecule has 1 aliphatic rings. The van der Waals surface area contributed by atoms with Crippen molar-refractivity contribution >= 4 is 16.8 Å². The van der Waals surface area contributed by atoms with Crippen LogP contribution in [0.3, 0.4) is 0 Å². The number of amides is 1. The van der Waals surface area contributed by atoms with E-state index in [9.17, 15) is 18.0 Å². The molecule has 5 rings (SSSR count). The summed E-state index contributed by atoms with van der Waals surface area (Å²) < 4.78 is 46.9. The Hall–Kier alpha value is -3.62. The molecular formula is C23H19F3N4O2. The number of fused-ring (bicyclic) bond motifs is 1. The van der Waals surface area contributed by atoms with Crippen molar-refractivity contribution in [2.24, 2.45) is 5.92 Å². The van der Waals surface area contributed by atoms with E-state index in [1.54, 1.807) is 19.1 Å². The largest absolute Gasteiger partial charge is 0.352 e. The van der Waals surface area contributed by atoms with Gasteiger partial charge in [0.15, 0.2) is 5.82 Å². The van der Waals surface area contributed by atoms with Crippen LogP contribution in [-0.2, 0) is 11.3 Å². The Morgan fingerprint density at radius 2 is 1.91 bits per heavy atom. The van der Waals surface area contributed by atoms with E-state index < -0.39 is 11.6 Å². The van der Waals surface area contributed by atoms with Gasteiger partial charge in [0.25, 0.3) is 0 Å². The van der Waals surface area contributed by atoms with Gasteiger partial charge in [-0.15, -0.1) is 0 Å². The number of aromatic amines is 1. The summed E-state index contributed by atoms with van der Waals surface area (Å²) in [7, 11) is 0. The SMILES string of the molecule is Cc1noc(CNC(=O)[C@H]2C[C@H](c3c(-c4ccc(F)cc4)[nH]c4c(F)cc(F)cc43)C2)n1. The number of aryl methyl sites for hydroxylation is 1. The van der Waals surface area contributed by atoms with E-state index in [1.165, 1.54) is 18.2 Å². The number of rotatable bonds is 5. The Bertz CT molecular complexity index is 1310. The molecule has 0 atom stereocenters. The van der Waals surface area contributed by atoms with Gasteiger partial charge in [0, 0.05) is 17.4 Å². The van der Waals surface area contributed by atoms with E-state index in [1.807, 2.05) is 0 Å². The van der Waals surface area contributed by atoms with E-state index in [4.69, 9.17) is 4.52 Å². The predicted octanol–water partition coefficient (Wildman–Crippen LogP) is 4.75. The second kappa shape index (κ2) is 7.81. The van der Waals surface area contributed by atoms with E-state index in [-0.39, 0.29) is 35.6 Å². The third kappa shape index (κ3) is 3.63. The van der Waals surface area contributed by atoms with Crippen molar-refractivity contribution < 1.29 is 22.5 Å². The summed E-state index contributed by atoms with van der Waals surface area (Å²) in [4.78, 5) is 19.6. The Morgan fingerprint density at radius 1 is 1.16 bits per heavy atom. The zero-order chi connectivity index (χ0) is 22.4. The first kappa shape index (κ1) is 20.3. The average Bonchev–Trinajstić information content (AvgIpc) is 3.30. The molecule has 2 aromatic carbocycles. The first-order valence-corrected chi connectivity index (χ1v) is 10.2. The minimum absolute atomic E-state index is 0.0774. The van der Waals surface area contributed by atoms with Gasteiger partial charge in [-0.25, -0.2) is 13.2 Å². The number of halogens is 3. The van der Waals surface area contributed by atoms with Gasteiger partial charge in [-0.05, 0) is 67.1 Å². The van der Waals surface area contributed by atoms with Gasteiger partial charge in [-0.2, -0.15) is 4.98 Å². The highest BCUT2D eigenvalue weighted by molar-refractivity contribution is 5.92. The normalized spacial score (nSPS) is 18.0. The van der Waals surface area contributed by atoms with Crippen LogP contribution < -0.4 is 5.32 Å². The molecule has 1 fully saturated rings. The Balaban J connectivity index is 1.40. The molecule has 2 aromatic heterocycles. The fraction of sp³-hybridized carbons (Fsp3) is 0.261. The summed E-state index contributed by atoms with van der Waals surface area (Å²) in [5.41, 5.74) is 2.20.